The number of amides is 1. The zero-order chi connectivity index (χ0) is 19.0. The molecule has 5 nitrogen and oxygen atoms in total. The first-order valence-corrected chi connectivity index (χ1v) is 8.23. The number of anilines is 1. The molecule has 1 aromatic carbocycles. The fraction of sp³-hybridized carbons (Fsp3) is 0.350. The van der Waals surface area contributed by atoms with Crippen LogP contribution in [0.2, 0.25) is 0 Å². The van der Waals surface area contributed by atoms with Gasteiger partial charge >= 0.3 is 0 Å². The first-order valence-electron chi connectivity index (χ1n) is 8.23. The standard InChI is InChI=1S/C20H28N2O3/c1-6-15(14(3)4)12-17(7-2)25-18-10-8-16(9-11-18)22-19(24)20(5,21)13-23/h6-12,14,23H,2,13,21H2,1,3-5H3,(H,22,24)/b15-6+,17-12+/t20-/m0/s1. The second-order valence-electron chi connectivity index (χ2n) is 6.35. The second-order valence-corrected chi connectivity index (χ2v) is 6.35. The molecule has 25 heavy (non-hydrogen) atoms. The number of ether oxygens (including phenoxy) is 1. The maximum absolute atomic E-state index is 11.9. The van der Waals surface area contributed by atoms with Crippen molar-refractivity contribution >= 4 is 11.6 Å². The molecule has 5 heteroatoms. The normalized spacial score (nSPS) is 14.8. The first-order chi connectivity index (χ1) is 11.7. The lowest BCUT2D eigenvalue weighted by Gasteiger charge is -2.20. The van der Waals surface area contributed by atoms with Crippen LogP contribution in [0.5, 0.6) is 5.75 Å². The highest BCUT2D eigenvalue weighted by Gasteiger charge is 2.27. The minimum Gasteiger partial charge on any atom is -0.457 e. The summed E-state index contributed by atoms with van der Waals surface area (Å²) >= 11 is 0. The van der Waals surface area contributed by atoms with Crippen LogP contribution in [0.25, 0.3) is 0 Å². The number of benzene rings is 1. The fourth-order valence-electron chi connectivity index (χ4n) is 1.97. The van der Waals surface area contributed by atoms with Gasteiger partial charge in [0, 0.05) is 5.69 Å². The largest absolute Gasteiger partial charge is 0.457 e. The Morgan fingerprint density at radius 2 is 2.00 bits per heavy atom. The van der Waals surface area contributed by atoms with Crippen LogP contribution in [0, 0.1) is 5.92 Å². The van der Waals surface area contributed by atoms with E-state index in [2.05, 4.69) is 25.7 Å². The molecule has 0 bridgehead atoms. The van der Waals surface area contributed by atoms with Crippen LogP contribution in [0.1, 0.15) is 27.7 Å². The van der Waals surface area contributed by atoms with Crippen molar-refractivity contribution in [3.05, 3.63) is 60.4 Å². The van der Waals surface area contributed by atoms with E-state index in [1.165, 1.54) is 6.92 Å². The molecule has 0 aromatic heterocycles. The van der Waals surface area contributed by atoms with E-state index in [1.807, 2.05) is 19.1 Å². The van der Waals surface area contributed by atoms with Gasteiger partial charge in [0.2, 0.25) is 5.91 Å². The monoisotopic (exact) mass is 344 g/mol. The fourth-order valence-corrected chi connectivity index (χ4v) is 1.97. The highest BCUT2D eigenvalue weighted by Crippen LogP contribution is 2.21. The maximum Gasteiger partial charge on any atom is 0.246 e. The van der Waals surface area contributed by atoms with Gasteiger partial charge in [0.05, 0.1) is 6.61 Å². The minimum absolute atomic E-state index is 0.387. The molecule has 1 aromatic rings. The quantitative estimate of drug-likeness (QED) is 0.498. The number of hydrogen-bond acceptors (Lipinski definition) is 4. The van der Waals surface area contributed by atoms with Crippen LogP contribution in [-0.2, 0) is 4.79 Å². The van der Waals surface area contributed by atoms with E-state index in [9.17, 15) is 4.79 Å². The molecule has 1 amide bonds. The molecular weight excluding hydrogens is 316 g/mol. The lowest BCUT2D eigenvalue weighted by molar-refractivity contribution is -0.121. The van der Waals surface area contributed by atoms with Crippen LogP contribution in [-0.4, -0.2) is 23.2 Å². The van der Waals surface area contributed by atoms with Crippen LogP contribution >= 0.6 is 0 Å². The number of carbonyl (C=O) groups excluding carboxylic acids is 1. The molecule has 0 heterocycles. The van der Waals surface area contributed by atoms with Crippen molar-refractivity contribution in [2.24, 2.45) is 11.7 Å². The molecule has 0 aliphatic rings. The van der Waals surface area contributed by atoms with E-state index in [-0.39, 0.29) is 0 Å². The zero-order valence-corrected chi connectivity index (χ0v) is 15.4. The molecule has 0 saturated heterocycles. The third kappa shape index (κ3) is 6.21. The average Bonchev–Trinajstić information content (AvgIpc) is 2.59. The molecule has 0 unspecified atom stereocenters. The van der Waals surface area contributed by atoms with Gasteiger partial charge in [-0.15, -0.1) is 0 Å². The molecule has 0 spiro atoms. The SMILES string of the molecule is C=C/C(=C\C(=C/C)C(C)C)Oc1ccc(NC(=O)[C@@](C)(N)CO)cc1. The molecule has 0 fully saturated rings. The van der Waals surface area contributed by atoms with Gasteiger partial charge in [-0.3, -0.25) is 4.79 Å². The Morgan fingerprint density at radius 1 is 1.40 bits per heavy atom. The van der Waals surface area contributed by atoms with E-state index in [4.69, 9.17) is 15.6 Å². The Labute approximate surface area is 149 Å². The number of aliphatic hydroxyl groups excluding tert-OH is 1. The predicted octanol–water partition coefficient (Wildman–Crippen LogP) is 3.39. The summed E-state index contributed by atoms with van der Waals surface area (Å²) in [5.41, 5.74) is 6.10. The van der Waals surface area contributed by atoms with E-state index in [0.717, 1.165) is 5.57 Å². The van der Waals surface area contributed by atoms with Gasteiger partial charge in [-0.1, -0.05) is 26.5 Å². The third-order valence-corrected chi connectivity index (χ3v) is 3.71. The summed E-state index contributed by atoms with van der Waals surface area (Å²) < 4.78 is 5.82. The summed E-state index contributed by atoms with van der Waals surface area (Å²) in [6, 6.07) is 6.90. The Morgan fingerprint density at radius 3 is 2.44 bits per heavy atom. The number of hydrogen-bond donors (Lipinski definition) is 3. The third-order valence-electron chi connectivity index (χ3n) is 3.71. The molecule has 136 valence electrons. The lowest BCUT2D eigenvalue weighted by Crippen LogP contribution is -2.51. The van der Waals surface area contributed by atoms with Crippen molar-refractivity contribution in [2.75, 3.05) is 11.9 Å². The van der Waals surface area contributed by atoms with E-state index >= 15 is 0 Å². The summed E-state index contributed by atoms with van der Waals surface area (Å²) in [5, 5.41) is 11.8. The smallest absolute Gasteiger partial charge is 0.246 e. The van der Waals surface area contributed by atoms with Crippen molar-refractivity contribution < 1.29 is 14.6 Å². The van der Waals surface area contributed by atoms with Gasteiger partial charge in [0.25, 0.3) is 0 Å². The summed E-state index contributed by atoms with van der Waals surface area (Å²) in [6.07, 6.45) is 5.65. The number of carbonyl (C=O) groups is 1. The molecule has 0 aliphatic carbocycles. The van der Waals surface area contributed by atoms with Crippen LogP contribution in [0.3, 0.4) is 0 Å². The molecule has 1 atom stereocenters. The highest BCUT2D eigenvalue weighted by atomic mass is 16.5. The molecule has 1 rings (SSSR count). The molecule has 0 saturated carbocycles. The lowest BCUT2D eigenvalue weighted by atomic mass is 10.0. The topological polar surface area (TPSA) is 84.6 Å². The summed E-state index contributed by atoms with van der Waals surface area (Å²) in [5.74, 6) is 1.21. The van der Waals surface area contributed by atoms with Gasteiger partial charge in [-0.25, -0.2) is 0 Å². The van der Waals surface area contributed by atoms with Crippen LogP contribution in [0.4, 0.5) is 5.69 Å². The van der Waals surface area contributed by atoms with Crippen molar-refractivity contribution in [1.29, 1.82) is 0 Å². The van der Waals surface area contributed by atoms with Gasteiger partial charge in [-0.05, 0) is 61.8 Å². The molecule has 0 aliphatic heterocycles. The molecule has 0 radical (unpaired) electrons. The van der Waals surface area contributed by atoms with Crippen LogP contribution < -0.4 is 15.8 Å². The number of nitrogens with two attached hydrogens (primary N) is 1. The van der Waals surface area contributed by atoms with Gasteiger partial charge < -0.3 is 20.9 Å². The molecule has 4 N–H and O–H groups in total. The average molecular weight is 344 g/mol. The van der Waals surface area contributed by atoms with Gasteiger partial charge in [-0.2, -0.15) is 0 Å². The Kier molecular flexibility index (Phi) is 7.61. The summed E-state index contributed by atoms with van der Waals surface area (Å²) in [4.78, 5) is 11.9. The van der Waals surface area contributed by atoms with Gasteiger partial charge in [0.1, 0.15) is 17.0 Å². The van der Waals surface area contributed by atoms with Crippen molar-refractivity contribution in [1.82, 2.24) is 0 Å². The van der Waals surface area contributed by atoms with E-state index < -0.39 is 18.1 Å². The Balaban J connectivity index is 2.84. The highest BCUT2D eigenvalue weighted by molar-refractivity contribution is 5.97. The van der Waals surface area contributed by atoms with Crippen molar-refractivity contribution in [3.8, 4) is 5.75 Å². The zero-order valence-electron chi connectivity index (χ0n) is 15.4. The van der Waals surface area contributed by atoms with E-state index in [1.54, 1.807) is 30.3 Å². The predicted molar refractivity (Wildman–Crippen MR) is 102 cm³/mol. The number of aliphatic hydroxyl groups is 1. The second kappa shape index (κ2) is 9.20. The van der Waals surface area contributed by atoms with Gasteiger partial charge in [0.15, 0.2) is 0 Å². The summed E-state index contributed by atoms with van der Waals surface area (Å²) in [6.45, 7) is 11.0. The Hall–Kier alpha value is -2.37. The van der Waals surface area contributed by atoms with Crippen molar-refractivity contribution in [3.63, 3.8) is 0 Å². The van der Waals surface area contributed by atoms with Crippen LogP contribution in [0.15, 0.2) is 60.4 Å². The maximum atomic E-state index is 11.9. The molecular formula is C20H28N2O3. The summed E-state index contributed by atoms with van der Waals surface area (Å²) in [7, 11) is 0. The number of nitrogens with one attached hydrogen (secondary N) is 1. The van der Waals surface area contributed by atoms with Crippen molar-refractivity contribution in [2.45, 2.75) is 33.2 Å². The number of allylic oxidation sites excluding steroid dienone is 4. The van der Waals surface area contributed by atoms with E-state index in [0.29, 0.717) is 23.1 Å². The minimum atomic E-state index is -1.33. The number of rotatable bonds is 8. The Bertz CT molecular complexity index is 656. The first kappa shape index (κ1) is 20.7.